The molecule has 0 aliphatic carbocycles. The van der Waals surface area contributed by atoms with Gasteiger partial charge in [-0.05, 0) is 54.5 Å². The van der Waals surface area contributed by atoms with Crippen molar-refractivity contribution < 1.29 is 8.42 Å². The molecule has 33 heavy (non-hydrogen) atoms. The molecule has 0 aliphatic heterocycles. The Morgan fingerprint density at radius 1 is 1.00 bits per heavy atom. The van der Waals surface area contributed by atoms with Crippen molar-refractivity contribution in [3.8, 4) is 0 Å². The van der Waals surface area contributed by atoms with Gasteiger partial charge in [-0.1, -0.05) is 45.0 Å². The molecule has 174 valence electrons. The lowest BCUT2D eigenvalue weighted by atomic mass is 10.0. The van der Waals surface area contributed by atoms with Crippen molar-refractivity contribution >= 4 is 37.8 Å². The SMILES string of the molecule is CCCc1nc2c(N)nc3cc(CCc4cccc(S(N)(=O)=O)c4)ccc3c2n1CC(C)C. The van der Waals surface area contributed by atoms with Gasteiger partial charge in [-0.3, -0.25) is 0 Å². The highest BCUT2D eigenvalue weighted by Gasteiger charge is 2.18. The topological polar surface area (TPSA) is 117 Å². The van der Waals surface area contributed by atoms with Crippen molar-refractivity contribution in [1.82, 2.24) is 14.5 Å². The fraction of sp³-hybridized carbons (Fsp3) is 0.360. The maximum atomic E-state index is 11.6. The lowest BCUT2D eigenvalue weighted by molar-refractivity contribution is 0.516. The molecule has 0 amide bonds. The molecule has 0 spiro atoms. The number of rotatable bonds is 8. The standard InChI is InChI=1S/C25H31N5O2S/c1-4-6-22-29-23-24(30(22)15-16(2)3)20-12-11-18(14-21(20)28-25(23)26)10-9-17-7-5-8-19(13-17)33(27,31)32/h5,7-8,11-14,16H,4,6,9-10,15H2,1-3H3,(H2,26,28)(H2,27,31,32). The van der Waals surface area contributed by atoms with Gasteiger partial charge in [-0.25, -0.2) is 23.5 Å². The molecule has 0 unspecified atom stereocenters. The Labute approximate surface area is 194 Å². The van der Waals surface area contributed by atoms with Crippen LogP contribution >= 0.6 is 0 Å². The highest BCUT2D eigenvalue weighted by Crippen LogP contribution is 2.31. The minimum absolute atomic E-state index is 0.136. The summed E-state index contributed by atoms with van der Waals surface area (Å²) in [6.07, 6.45) is 3.36. The van der Waals surface area contributed by atoms with Crippen LogP contribution in [0.5, 0.6) is 0 Å². The second-order valence-electron chi connectivity index (χ2n) is 9.02. The second kappa shape index (κ2) is 9.11. The van der Waals surface area contributed by atoms with Crippen LogP contribution in [0.3, 0.4) is 0 Å². The number of imidazole rings is 1. The summed E-state index contributed by atoms with van der Waals surface area (Å²) in [5.74, 6) is 1.99. The summed E-state index contributed by atoms with van der Waals surface area (Å²) < 4.78 is 25.6. The smallest absolute Gasteiger partial charge is 0.238 e. The van der Waals surface area contributed by atoms with E-state index in [0.717, 1.165) is 64.7 Å². The monoisotopic (exact) mass is 465 g/mol. The quantitative estimate of drug-likeness (QED) is 0.404. The first-order valence-electron chi connectivity index (χ1n) is 11.4. The number of aryl methyl sites for hydroxylation is 3. The van der Waals surface area contributed by atoms with Crippen LogP contribution in [0.1, 0.15) is 44.1 Å². The maximum absolute atomic E-state index is 11.6. The first-order valence-corrected chi connectivity index (χ1v) is 12.9. The zero-order chi connectivity index (χ0) is 23.8. The van der Waals surface area contributed by atoms with Gasteiger partial charge in [-0.2, -0.15) is 0 Å². The zero-order valence-corrected chi connectivity index (χ0v) is 20.2. The molecule has 2 aromatic carbocycles. The molecule has 8 heteroatoms. The van der Waals surface area contributed by atoms with E-state index in [1.54, 1.807) is 12.1 Å². The molecule has 2 heterocycles. The van der Waals surface area contributed by atoms with Gasteiger partial charge in [0.25, 0.3) is 0 Å². The molecule has 4 N–H and O–H groups in total. The van der Waals surface area contributed by atoms with Gasteiger partial charge in [0.1, 0.15) is 11.3 Å². The van der Waals surface area contributed by atoms with Crippen LogP contribution in [-0.2, 0) is 35.8 Å². The molecule has 0 saturated heterocycles. The van der Waals surface area contributed by atoms with E-state index in [2.05, 4.69) is 48.5 Å². The summed E-state index contributed by atoms with van der Waals surface area (Å²) >= 11 is 0. The van der Waals surface area contributed by atoms with Gasteiger partial charge in [-0.15, -0.1) is 0 Å². The van der Waals surface area contributed by atoms with Crippen molar-refractivity contribution in [2.75, 3.05) is 5.73 Å². The molecule has 0 atom stereocenters. The van der Waals surface area contributed by atoms with E-state index in [0.29, 0.717) is 18.2 Å². The number of anilines is 1. The average molecular weight is 466 g/mol. The molecule has 0 saturated carbocycles. The van der Waals surface area contributed by atoms with E-state index in [1.807, 2.05) is 6.07 Å². The number of aromatic nitrogens is 3. The number of fused-ring (bicyclic) bond motifs is 3. The molecular formula is C25H31N5O2S. The van der Waals surface area contributed by atoms with Crippen LogP contribution in [0, 0.1) is 5.92 Å². The third-order valence-electron chi connectivity index (χ3n) is 5.80. The van der Waals surface area contributed by atoms with E-state index in [1.165, 1.54) is 6.07 Å². The van der Waals surface area contributed by atoms with E-state index in [9.17, 15) is 8.42 Å². The highest BCUT2D eigenvalue weighted by molar-refractivity contribution is 7.89. The number of nitrogens with zero attached hydrogens (tertiary/aromatic N) is 3. The van der Waals surface area contributed by atoms with Crippen LogP contribution in [-0.4, -0.2) is 23.0 Å². The van der Waals surface area contributed by atoms with E-state index in [4.69, 9.17) is 15.9 Å². The summed E-state index contributed by atoms with van der Waals surface area (Å²) in [5.41, 5.74) is 11.1. The fourth-order valence-electron chi connectivity index (χ4n) is 4.30. The summed E-state index contributed by atoms with van der Waals surface area (Å²) in [4.78, 5) is 9.65. The maximum Gasteiger partial charge on any atom is 0.238 e. The Balaban J connectivity index is 1.71. The fourth-order valence-corrected chi connectivity index (χ4v) is 4.89. The van der Waals surface area contributed by atoms with Gasteiger partial charge in [0.2, 0.25) is 10.0 Å². The third kappa shape index (κ3) is 4.86. The van der Waals surface area contributed by atoms with Crippen LogP contribution in [0.2, 0.25) is 0 Å². The number of sulfonamides is 1. The number of hydrogen-bond acceptors (Lipinski definition) is 5. The Morgan fingerprint density at radius 2 is 1.73 bits per heavy atom. The molecule has 4 aromatic rings. The zero-order valence-electron chi connectivity index (χ0n) is 19.4. The Morgan fingerprint density at radius 3 is 2.39 bits per heavy atom. The van der Waals surface area contributed by atoms with Gasteiger partial charge >= 0.3 is 0 Å². The van der Waals surface area contributed by atoms with Crippen molar-refractivity contribution in [3.63, 3.8) is 0 Å². The highest BCUT2D eigenvalue weighted by atomic mass is 32.2. The molecule has 7 nitrogen and oxygen atoms in total. The van der Waals surface area contributed by atoms with Crippen molar-refractivity contribution in [2.24, 2.45) is 11.1 Å². The van der Waals surface area contributed by atoms with Gasteiger partial charge in [0.15, 0.2) is 5.82 Å². The minimum Gasteiger partial charge on any atom is -0.382 e. The summed E-state index contributed by atoms with van der Waals surface area (Å²) in [7, 11) is -3.71. The molecule has 0 fully saturated rings. The van der Waals surface area contributed by atoms with E-state index < -0.39 is 10.0 Å². The summed E-state index contributed by atoms with van der Waals surface area (Å²) in [6, 6.07) is 13.1. The van der Waals surface area contributed by atoms with Crippen molar-refractivity contribution in [2.45, 2.75) is 57.9 Å². The first-order chi connectivity index (χ1) is 15.7. The molecule has 0 radical (unpaired) electrons. The van der Waals surface area contributed by atoms with Crippen LogP contribution in [0.15, 0.2) is 47.4 Å². The predicted octanol–water partition coefficient (Wildman–Crippen LogP) is 4.21. The minimum atomic E-state index is -3.71. The molecule has 0 aliphatic rings. The first kappa shape index (κ1) is 23.2. The summed E-state index contributed by atoms with van der Waals surface area (Å²) in [6.45, 7) is 7.45. The number of primary sulfonamides is 1. The molecule has 4 rings (SSSR count). The molecular weight excluding hydrogens is 434 g/mol. The van der Waals surface area contributed by atoms with Crippen LogP contribution in [0.25, 0.3) is 21.9 Å². The Hall–Kier alpha value is -2.97. The van der Waals surface area contributed by atoms with Crippen LogP contribution < -0.4 is 10.9 Å². The lowest BCUT2D eigenvalue weighted by Crippen LogP contribution is -2.12. The lowest BCUT2D eigenvalue weighted by Gasteiger charge is -2.13. The number of nitrogens with two attached hydrogens (primary N) is 2. The largest absolute Gasteiger partial charge is 0.382 e. The van der Waals surface area contributed by atoms with E-state index >= 15 is 0 Å². The number of hydrogen-bond donors (Lipinski definition) is 2. The Kier molecular flexibility index (Phi) is 6.41. The van der Waals surface area contributed by atoms with Crippen molar-refractivity contribution in [3.05, 3.63) is 59.4 Å². The number of pyridine rings is 1. The number of nitrogen functional groups attached to an aromatic ring is 1. The predicted molar refractivity (Wildman–Crippen MR) is 134 cm³/mol. The number of benzene rings is 2. The van der Waals surface area contributed by atoms with Gasteiger partial charge < -0.3 is 10.3 Å². The second-order valence-corrected chi connectivity index (χ2v) is 10.6. The van der Waals surface area contributed by atoms with Crippen LogP contribution in [0.4, 0.5) is 5.82 Å². The molecule has 0 bridgehead atoms. The third-order valence-corrected chi connectivity index (χ3v) is 6.71. The normalized spacial score (nSPS) is 12.3. The summed E-state index contributed by atoms with van der Waals surface area (Å²) in [5, 5.41) is 6.31. The van der Waals surface area contributed by atoms with Gasteiger partial charge in [0.05, 0.1) is 15.9 Å². The van der Waals surface area contributed by atoms with E-state index in [-0.39, 0.29) is 4.90 Å². The van der Waals surface area contributed by atoms with Gasteiger partial charge in [0, 0.05) is 18.4 Å². The molecule has 2 aromatic heterocycles. The average Bonchev–Trinajstić information content (AvgIpc) is 3.10. The Bertz CT molecular complexity index is 1420. The van der Waals surface area contributed by atoms with Crippen molar-refractivity contribution in [1.29, 1.82) is 0 Å².